The van der Waals surface area contributed by atoms with Crippen molar-refractivity contribution in [2.45, 2.75) is 13.0 Å². The van der Waals surface area contributed by atoms with Gasteiger partial charge in [-0.1, -0.05) is 17.7 Å². The van der Waals surface area contributed by atoms with Gasteiger partial charge in [0.05, 0.1) is 19.3 Å². The van der Waals surface area contributed by atoms with E-state index in [1.807, 2.05) is 0 Å². The molecule has 5 heteroatoms. The summed E-state index contributed by atoms with van der Waals surface area (Å²) in [5.41, 5.74) is 1.12. The molecule has 3 N–H and O–H groups in total. The van der Waals surface area contributed by atoms with Crippen molar-refractivity contribution in [3.05, 3.63) is 34.3 Å². The topological polar surface area (TPSA) is 69.6 Å². The molecule has 0 heterocycles. The molecule has 0 fully saturated rings. The molecule has 0 aliphatic rings. The van der Waals surface area contributed by atoms with Crippen LogP contribution in [0.1, 0.15) is 15.9 Å². The van der Waals surface area contributed by atoms with Crippen molar-refractivity contribution < 1.29 is 15.0 Å². The van der Waals surface area contributed by atoms with Crippen molar-refractivity contribution in [3.63, 3.8) is 0 Å². The van der Waals surface area contributed by atoms with E-state index in [1.54, 1.807) is 25.1 Å². The van der Waals surface area contributed by atoms with Crippen LogP contribution >= 0.6 is 11.6 Å². The van der Waals surface area contributed by atoms with E-state index in [0.29, 0.717) is 16.1 Å². The van der Waals surface area contributed by atoms with Crippen LogP contribution in [0.2, 0.25) is 5.02 Å². The number of halogens is 1. The Morgan fingerprint density at radius 3 is 2.62 bits per heavy atom. The zero-order valence-corrected chi connectivity index (χ0v) is 9.66. The molecule has 1 rings (SSSR count). The van der Waals surface area contributed by atoms with Gasteiger partial charge in [-0.25, -0.2) is 0 Å². The Kier molecular flexibility index (Phi) is 4.73. The molecular weight excluding hydrogens is 230 g/mol. The Labute approximate surface area is 98.9 Å². The van der Waals surface area contributed by atoms with Crippen LogP contribution in [0, 0.1) is 6.92 Å². The highest BCUT2D eigenvalue weighted by Gasteiger charge is 2.14. The van der Waals surface area contributed by atoms with E-state index >= 15 is 0 Å². The molecule has 0 bridgehead atoms. The Balaban J connectivity index is 2.84. The quantitative estimate of drug-likeness (QED) is 0.730. The fraction of sp³-hybridized carbons (Fsp3) is 0.364. The van der Waals surface area contributed by atoms with Gasteiger partial charge in [-0.3, -0.25) is 4.79 Å². The van der Waals surface area contributed by atoms with Gasteiger partial charge in [-0.05, 0) is 24.6 Å². The first-order valence-electron chi connectivity index (χ1n) is 4.87. The van der Waals surface area contributed by atoms with Crippen LogP contribution in [0.5, 0.6) is 0 Å². The highest BCUT2D eigenvalue weighted by molar-refractivity contribution is 6.31. The summed E-state index contributed by atoms with van der Waals surface area (Å²) in [5.74, 6) is -0.354. The molecule has 0 spiro atoms. The van der Waals surface area contributed by atoms with E-state index in [0.717, 1.165) is 0 Å². The second kappa shape index (κ2) is 5.84. The number of aliphatic hydroxyl groups excluding tert-OH is 2. The summed E-state index contributed by atoms with van der Waals surface area (Å²) in [7, 11) is 0. The third-order valence-electron chi connectivity index (χ3n) is 2.29. The van der Waals surface area contributed by atoms with Crippen LogP contribution in [0.3, 0.4) is 0 Å². The van der Waals surface area contributed by atoms with Crippen LogP contribution in [-0.4, -0.2) is 35.4 Å². The standard InChI is InChI=1S/C11H14ClNO3/c1-7-9(3-2-4-10(7)12)11(16)13-8(5-14)6-15/h2-4,8,14-15H,5-6H2,1H3,(H,13,16). The first-order chi connectivity index (χ1) is 7.60. The van der Waals surface area contributed by atoms with E-state index in [2.05, 4.69) is 5.32 Å². The first-order valence-corrected chi connectivity index (χ1v) is 5.25. The predicted molar refractivity (Wildman–Crippen MR) is 61.6 cm³/mol. The lowest BCUT2D eigenvalue weighted by Gasteiger charge is -2.14. The third-order valence-corrected chi connectivity index (χ3v) is 2.70. The summed E-state index contributed by atoms with van der Waals surface area (Å²) in [6.45, 7) is 1.13. The maximum absolute atomic E-state index is 11.8. The van der Waals surface area contributed by atoms with Gasteiger partial charge in [0.15, 0.2) is 0 Å². The molecule has 0 aromatic heterocycles. The summed E-state index contributed by atoms with van der Waals surface area (Å²) in [4.78, 5) is 11.8. The molecule has 4 nitrogen and oxygen atoms in total. The second-order valence-electron chi connectivity index (χ2n) is 3.45. The van der Waals surface area contributed by atoms with Crippen molar-refractivity contribution in [2.75, 3.05) is 13.2 Å². The minimum absolute atomic E-state index is 0.304. The van der Waals surface area contributed by atoms with Gasteiger partial charge >= 0.3 is 0 Å². The number of hydrogen-bond donors (Lipinski definition) is 3. The number of hydrogen-bond acceptors (Lipinski definition) is 3. The Hall–Kier alpha value is -1.10. The van der Waals surface area contributed by atoms with Crippen molar-refractivity contribution >= 4 is 17.5 Å². The van der Waals surface area contributed by atoms with Crippen LogP contribution < -0.4 is 5.32 Å². The number of carbonyl (C=O) groups excluding carboxylic acids is 1. The van der Waals surface area contributed by atoms with Crippen LogP contribution in [-0.2, 0) is 0 Å². The van der Waals surface area contributed by atoms with Crippen molar-refractivity contribution in [1.29, 1.82) is 0 Å². The number of nitrogens with one attached hydrogen (secondary N) is 1. The van der Waals surface area contributed by atoms with E-state index in [1.165, 1.54) is 0 Å². The molecule has 0 radical (unpaired) electrons. The zero-order chi connectivity index (χ0) is 12.1. The fourth-order valence-electron chi connectivity index (χ4n) is 1.27. The lowest BCUT2D eigenvalue weighted by Crippen LogP contribution is -2.40. The predicted octanol–water partition coefficient (Wildman–Crippen LogP) is 0.731. The second-order valence-corrected chi connectivity index (χ2v) is 3.86. The average molecular weight is 244 g/mol. The monoisotopic (exact) mass is 243 g/mol. The number of amides is 1. The summed E-state index contributed by atoms with van der Waals surface area (Å²) in [6.07, 6.45) is 0. The summed E-state index contributed by atoms with van der Waals surface area (Å²) in [5, 5.41) is 20.7. The molecular formula is C11H14ClNO3. The summed E-state index contributed by atoms with van der Waals surface area (Å²) >= 11 is 5.88. The van der Waals surface area contributed by atoms with Crippen LogP contribution in [0.15, 0.2) is 18.2 Å². The van der Waals surface area contributed by atoms with Crippen molar-refractivity contribution in [3.8, 4) is 0 Å². The molecule has 0 aliphatic heterocycles. The van der Waals surface area contributed by atoms with Gasteiger partial charge in [0.2, 0.25) is 0 Å². The van der Waals surface area contributed by atoms with E-state index < -0.39 is 6.04 Å². The molecule has 1 aromatic carbocycles. The smallest absolute Gasteiger partial charge is 0.251 e. The van der Waals surface area contributed by atoms with E-state index in [-0.39, 0.29) is 19.1 Å². The number of rotatable bonds is 4. The molecule has 0 saturated carbocycles. The highest BCUT2D eigenvalue weighted by Crippen LogP contribution is 2.18. The minimum atomic E-state index is -0.647. The number of carbonyl (C=O) groups is 1. The normalized spacial score (nSPS) is 10.6. The fourth-order valence-corrected chi connectivity index (χ4v) is 1.44. The SMILES string of the molecule is Cc1c(Cl)cccc1C(=O)NC(CO)CO. The minimum Gasteiger partial charge on any atom is -0.394 e. The van der Waals surface area contributed by atoms with Gasteiger partial charge in [-0.15, -0.1) is 0 Å². The molecule has 1 amide bonds. The maximum atomic E-state index is 11.8. The van der Waals surface area contributed by atoms with E-state index in [4.69, 9.17) is 21.8 Å². The molecule has 0 saturated heterocycles. The number of aliphatic hydroxyl groups is 2. The third kappa shape index (κ3) is 2.95. The maximum Gasteiger partial charge on any atom is 0.251 e. The van der Waals surface area contributed by atoms with Crippen LogP contribution in [0.25, 0.3) is 0 Å². The molecule has 16 heavy (non-hydrogen) atoms. The molecule has 0 unspecified atom stereocenters. The van der Waals surface area contributed by atoms with E-state index in [9.17, 15) is 4.79 Å². The molecule has 0 aliphatic carbocycles. The van der Waals surface area contributed by atoms with Gasteiger partial charge in [0.1, 0.15) is 0 Å². The molecule has 88 valence electrons. The number of benzene rings is 1. The molecule has 0 atom stereocenters. The molecule has 1 aromatic rings. The van der Waals surface area contributed by atoms with Crippen LogP contribution in [0.4, 0.5) is 0 Å². The first kappa shape index (κ1) is 13.0. The lowest BCUT2D eigenvalue weighted by atomic mass is 10.1. The van der Waals surface area contributed by atoms with Gasteiger partial charge in [0.25, 0.3) is 5.91 Å². The van der Waals surface area contributed by atoms with Crippen molar-refractivity contribution in [2.24, 2.45) is 0 Å². The highest BCUT2D eigenvalue weighted by atomic mass is 35.5. The average Bonchev–Trinajstić information content (AvgIpc) is 2.29. The van der Waals surface area contributed by atoms with Crippen molar-refractivity contribution in [1.82, 2.24) is 5.32 Å². The summed E-state index contributed by atoms with van der Waals surface area (Å²) < 4.78 is 0. The Bertz CT molecular complexity index is 377. The lowest BCUT2D eigenvalue weighted by molar-refractivity contribution is 0.0879. The Morgan fingerprint density at radius 2 is 2.06 bits per heavy atom. The van der Waals surface area contributed by atoms with Gasteiger partial charge in [0, 0.05) is 10.6 Å². The largest absolute Gasteiger partial charge is 0.394 e. The summed E-state index contributed by atoms with van der Waals surface area (Å²) in [6, 6.07) is 4.37. The van der Waals surface area contributed by atoms with Gasteiger partial charge in [-0.2, -0.15) is 0 Å². The Morgan fingerprint density at radius 1 is 1.44 bits per heavy atom. The zero-order valence-electron chi connectivity index (χ0n) is 8.90. The van der Waals surface area contributed by atoms with Gasteiger partial charge < -0.3 is 15.5 Å².